The van der Waals surface area contributed by atoms with Gasteiger partial charge in [0.25, 0.3) is 0 Å². The molecule has 3 rings (SSSR count). The summed E-state index contributed by atoms with van der Waals surface area (Å²) in [6, 6.07) is 32.5. The normalized spacial score (nSPS) is 12.5. The van der Waals surface area contributed by atoms with E-state index in [1.807, 2.05) is 0 Å². The monoisotopic (exact) mass is 549 g/mol. The van der Waals surface area contributed by atoms with Crippen molar-refractivity contribution < 1.29 is 9.59 Å². The Hall–Kier alpha value is -2.82. The van der Waals surface area contributed by atoms with Crippen molar-refractivity contribution in [2.75, 3.05) is 12.7 Å². The smallest absolute Gasteiger partial charge is 0.225 e. The Bertz CT molecular complexity index is 1080. The van der Waals surface area contributed by atoms with Crippen molar-refractivity contribution in [3.8, 4) is 0 Å². The maximum atomic E-state index is 12.9. The number of amides is 1. The Morgan fingerprint density at radius 3 is 1.71 bits per heavy atom. The first-order chi connectivity index (χ1) is 18.3. The van der Waals surface area contributed by atoms with Crippen LogP contribution >= 0.6 is 19.2 Å². The maximum absolute atomic E-state index is 12.9. The van der Waals surface area contributed by atoms with Crippen LogP contribution in [0, 0.1) is 10.8 Å². The summed E-state index contributed by atoms with van der Waals surface area (Å²) in [5.41, 5.74) is 0. The number of carbonyl (C=O) groups excluding carboxylic acids is 2. The van der Waals surface area contributed by atoms with Gasteiger partial charge in [0.2, 0.25) is 5.91 Å². The topological polar surface area (TPSA) is 75.6 Å². The molecule has 0 bridgehead atoms. The van der Waals surface area contributed by atoms with Crippen LogP contribution < -0.4 is 21.2 Å². The molecule has 7 heteroatoms. The molecule has 1 unspecified atom stereocenters. The molecule has 0 aromatic heterocycles. The third kappa shape index (κ3) is 7.61. The Labute approximate surface area is 231 Å². The SMILES string of the molecule is CC(=O)CC(C(=O)NCCCCC[P+](c1ccccc1)(c1ccccc1)c1ccccc1)C(C)(C)SN=O. The lowest BCUT2D eigenvalue weighted by atomic mass is 9.89. The zero-order chi connectivity index (χ0) is 27.4. The predicted octanol–water partition coefficient (Wildman–Crippen LogP) is 6.06. The van der Waals surface area contributed by atoms with Crippen LogP contribution in [0.5, 0.6) is 0 Å². The van der Waals surface area contributed by atoms with Crippen LogP contribution in [-0.2, 0) is 9.59 Å². The summed E-state index contributed by atoms with van der Waals surface area (Å²) in [6.45, 7) is 5.57. The van der Waals surface area contributed by atoms with E-state index in [9.17, 15) is 14.5 Å². The van der Waals surface area contributed by atoms with Gasteiger partial charge in [0.1, 0.15) is 29.0 Å². The molecule has 1 amide bonds. The fraction of sp³-hybridized carbons (Fsp3) is 0.355. The largest absolute Gasteiger partial charge is 0.356 e. The Balaban J connectivity index is 1.70. The van der Waals surface area contributed by atoms with E-state index < -0.39 is 17.9 Å². The molecular weight excluding hydrogens is 511 g/mol. The van der Waals surface area contributed by atoms with Crippen molar-refractivity contribution in [3.63, 3.8) is 0 Å². The molecule has 3 aromatic rings. The lowest BCUT2D eigenvalue weighted by Crippen LogP contribution is -2.42. The Morgan fingerprint density at radius 2 is 1.29 bits per heavy atom. The van der Waals surface area contributed by atoms with Gasteiger partial charge in [-0.2, -0.15) is 0 Å². The second-order valence-corrected chi connectivity index (χ2v) is 15.1. The van der Waals surface area contributed by atoms with Crippen LogP contribution in [0.15, 0.2) is 95.6 Å². The first kappa shape index (κ1) is 29.7. The van der Waals surface area contributed by atoms with Crippen molar-refractivity contribution in [3.05, 3.63) is 95.9 Å². The highest BCUT2D eigenvalue weighted by atomic mass is 32.2. The molecule has 0 saturated carbocycles. The van der Waals surface area contributed by atoms with Crippen LogP contribution in [0.25, 0.3) is 0 Å². The van der Waals surface area contributed by atoms with Gasteiger partial charge in [-0.15, -0.1) is 4.91 Å². The molecule has 1 N–H and O–H groups in total. The fourth-order valence-corrected chi connectivity index (χ4v) is 9.89. The number of ketones is 1. The molecule has 0 fully saturated rings. The van der Waals surface area contributed by atoms with E-state index in [0.29, 0.717) is 6.54 Å². The van der Waals surface area contributed by atoms with Crippen molar-refractivity contribution in [1.82, 2.24) is 5.32 Å². The Morgan fingerprint density at radius 1 is 0.816 bits per heavy atom. The highest BCUT2D eigenvalue weighted by Gasteiger charge is 2.44. The number of nitrogens with one attached hydrogen (secondary N) is 1. The third-order valence-corrected chi connectivity index (χ3v) is 12.3. The fourth-order valence-electron chi connectivity index (χ4n) is 4.97. The number of Topliss-reactive ketones (excluding diaryl/α,β-unsaturated/α-hetero) is 1. The summed E-state index contributed by atoms with van der Waals surface area (Å²) in [6.07, 6.45) is 3.98. The number of hydrogen-bond donors (Lipinski definition) is 1. The number of carbonyl (C=O) groups is 2. The summed E-state index contributed by atoms with van der Waals surface area (Å²) in [5, 5.41) is 7.13. The average molecular weight is 550 g/mol. The lowest BCUT2D eigenvalue weighted by Gasteiger charge is -2.29. The van der Waals surface area contributed by atoms with Gasteiger partial charge in [0, 0.05) is 34.2 Å². The van der Waals surface area contributed by atoms with Gasteiger partial charge in [0.05, 0.1) is 12.1 Å². The van der Waals surface area contributed by atoms with E-state index in [4.69, 9.17) is 0 Å². The summed E-state index contributed by atoms with van der Waals surface area (Å²) in [5.74, 6) is -0.871. The minimum atomic E-state index is -1.85. The van der Waals surface area contributed by atoms with E-state index in [-0.39, 0.29) is 18.1 Å². The van der Waals surface area contributed by atoms with E-state index >= 15 is 0 Å². The van der Waals surface area contributed by atoms with E-state index in [0.717, 1.165) is 37.4 Å². The number of unbranched alkanes of at least 4 members (excludes halogenated alkanes) is 2. The average Bonchev–Trinajstić information content (AvgIpc) is 2.92. The van der Waals surface area contributed by atoms with Gasteiger partial charge in [-0.3, -0.25) is 4.79 Å². The summed E-state index contributed by atoms with van der Waals surface area (Å²) >= 11 is 0.816. The van der Waals surface area contributed by atoms with Crippen LogP contribution in [0.4, 0.5) is 0 Å². The molecule has 0 spiro atoms. The highest BCUT2D eigenvalue weighted by Crippen LogP contribution is 2.55. The second-order valence-electron chi connectivity index (χ2n) is 10.1. The van der Waals surface area contributed by atoms with E-state index in [1.54, 1.807) is 13.8 Å². The van der Waals surface area contributed by atoms with Gasteiger partial charge in [-0.25, -0.2) is 0 Å². The number of hydrogen-bond acceptors (Lipinski definition) is 5. The molecule has 0 aliphatic rings. The van der Waals surface area contributed by atoms with Gasteiger partial charge < -0.3 is 10.1 Å². The van der Waals surface area contributed by atoms with Gasteiger partial charge in [0.15, 0.2) is 0 Å². The first-order valence-electron chi connectivity index (χ1n) is 13.1. The summed E-state index contributed by atoms with van der Waals surface area (Å²) < 4.78 is 2.17. The lowest BCUT2D eigenvalue weighted by molar-refractivity contribution is -0.129. The minimum absolute atomic E-state index is 0.0761. The van der Waals surface area contributed by atoms with Crippen molar-refractivity contribution in [2.24, 2.45) is 10.5 Å². The molecule has 200 valence electrons. The summed E-state index contributed by atoms with van der Waals surface area (Å²) in [7, 11) is -1.85. The maximum Gasteiger partial charge on any atom is 0.225 e. The van der Waals surface area contributed by atoms with Crippen LogP contribution in [0.2, 0.25) is 0 Å². The molecule has 38 heavy (non-hydrogen) atoms. The molecule has 0 saturated heterocycles. The standard InChI is InChI=1S/C31H37N2O3PS/c1-25(34)24-29(31(2,3)38-33-36)30(35)32-22-14-7-15-23-37(26-16-8-4-9-17-26,27-18-10-5-11-19-27)28-20-12-6-13-21-28/h4-6,8-13,16-21,29H,7,14-15,22-24H2,1-3H3/p+1. The quantitative estimate of drug-likeness (QED) is 0.108. The molecular formula is C31H38N2O3PS+. The minimum Gasteiger partial charge on any atom is -0.356 e. The van der Waals surface area contributed by atoms with Crippen LogP contribution in [0.1, 0.15) is 46.5 Å². The third-order valence-electron chi connectivity index (χ3n) is 6.98. The molecule has 5 nitrogen and oxygen atoms in total. The molecule has 0 aliphatic heterocycles. The molecule has 1 atom stereocenters. The van der Waals surface area contributed by atoms with Crippen molar-refractivity contribution in [1.29, 1.82) is 0 Å². The van der Waals surface area contributed by atoms with Crippen LogP contribution in [0.3, 0.4) is 0 Å². The highest BCUT2D eigenvalue weighted by molar-refractivity contribution is 7.99. The number of benzene rings is 3. The van der Waals surface area contributed by atoms with Crippen molar-refractivity contribution in [2.45, 2.75) is 51.2 Å². The number of nitrogens with zero attached hydrogens (tertiary/aromatic N) is 1. The van der Waals surface area contributed by atoms with Crippen LogP contribution in [-0.4, -0.2) is 29.1 Å². The molecule has 0 heterocycles. The Kier molecular flexibility index (Phi) is 11.2. The number of rotatable bonds is 15. The first-order valence-corrected chi connectivity index (χ1v) is 15.9. The van der Waals surface area contributed by atoms with E-state index in [1.165, 1.54) is 22.8 Å². The second kappa shape index (κ2) is 14.4. The zero-order valence-corrected chi connectivity index (χ0v) is 24.2. The molecule has 0 aliphatic carbocycles. The van der Waals surface area contributed by atoms with E-state index in [2.05, 4.69) is 101 Å². The van der Waals surface area contributed by atoms with Crippen molar-refractivity contribution >= 4 is 46.8 Å². The number of nitroso groups, excluding NO2 is 1. The molecule has 0 radical (unpaired) electrons. The molecule has 3 aromatic carbocycles. The van der Waals surface area contributed by atoms with Gasteiger partial charge in [-0.05, 0) is 76.4 Å². The predicted molar refractivity (Wildman–Crippen MR) is 163 cm³/mol. The zero-order valence-electron chi connectivity index (χ0n) is 22.5. The van der Waals surface area contributed by atoms with Gasteiger partial charge in [-0.1, -0.05) is 54.6 Å². The summed E-state index contributed by atoms with van der Waals surface area (Å²) in [4.78, 5) is 35.6. The van der Waals surface area contributed by atoms with Gasteiger partial charge >= 0.3 is 0 Å².